The Bertz CT molecular complexity index is 166. The summed E-state index contributed by atoms with van der Waals surface area (Å²) in [7, 11) is 0. The van der Waals surface area contributed by atoms with Crippen LogP contribution in [-0.4, -0.2) is 22.6 Å². The van der Waals surface area contributed by atoms with Gasteiger partial charge in [0, 0.05) is 11.3 Å². The van der Waals surface area contributed by atoms with E-state index in [4.69, 9.17) is 7.85 Å². The summed E-state index contributed by atoms with van der Waals surface area (Å²) in [4.78, 5) is 9.39. The first kappa shape index (κ1) is 3.40. The third-order valence-corrected chi connectivity index (χ3v) is 1.19. The molecule has 4 nitrogen and oxygen atoms in total. The summed E-state index contributed by atoms with van der Waals surface area (Å²) >= 11 is 0. The molecular formula is C4H7NO3. The van der Waals surface area contributed by atoms with Crippen molar-refractivity contribution in [1.82, 2.24) is 0 Å². The summed E-state index contributed by atoms with van der Waals surface area (Å²) in [6, 6.07) is -0.875. The minimum atomic E-state index is -2.38. The van der Waals surface area contributed by atoms with E-state index in [1.54, 1.807) is 0 Å². The van der Waals surface area contributed by atoms with E-state index in [1.807, 2.05) is 0 Å². The highest BCUT2D eigenvalue weighted by Gasteiger charge is 2.47. The van der Waals surface area contributed by atoms with Gasteiger partial charge in [-0.15, -0.1) is 0 Å². The van der Waals surface area contributed by atoms with Crippen molar-refractivity contribution < 1.29 is 12.8 Å². The monoisotopic (exact) mass is 119 g/mol. The first-order chi connectivity index (χ1) is 4.43. The Balaban J connectivity index is 2.46. The van der Waals surface area contributed by atoms with Crippen LogP contribution in [0.1, 0.15) is 9.16 Å². The zero-order chi connectivity index (χ0) is 7.94. The molecule has 0 aromatic rings. The van der Waals surface area contributed by atoms with Crippen molar-refractivity contribution in [2.75, 3.05) is 6.56 Å². The molecule has 4 heteroatoms. The quantitative estimate of drug-likeness (QED) is 0.399. The lowest BCUT2D eigenvalue weighted by Crippen LogP contribution is -2.04. The van der Waals surface area contributed by atoms with Gasteiger partial charge < -0.3 is 5.11 Å². The van der Waals surface area contributed by atoms with Crippen LogP contribution < -0.4 is 0 Å². The molecule has 1 rings (SSSR count). The SMILES string of the molecule is [2H]C([2H])(O)[C@@H]1C[C@H]1[N+](=O)[O-]. The summed E-state index contributed by atoms with van der Waals surface area (Å²) in [5.74, 6) is -0.803. The summed E-state index contributed by atoms with van der Waals surface area (Å²) in [6.07, 6.45) is 0.149. The van der Waals surface area contributed by atoms with Gasteiger partial charge in [0.25, 0.3) is 0 Å². The van der Waals surface area contributed by atoms with E-state index in [0.29, 0.717) is 0 Å². The van der Waals surface area contributed by atoms with Crippen LogP contribution in [0.25, 0.3) is 0 Å². The zero-order valence-electron chi connectivity index (χ0n) is 6.07. The molecule has 0 amide bonds. The van der Waals surface area contributed by atoms with Crippen molar-refractivity contribution in [3.8, 4) is 0 Å². The fraction of sp³-hybridized carbons (Fsp3) is 1.00. The average Bonchev–Trinajstić information content (AvgIpc) is 2.35. The maximum Gasteiger partial charge on any atom is 0.219 e. The van der Waals surface area contributed by atoms with Crippen LogP contribution in [0.3, 0.4) is 0 Å². The average molecular weight is 119 g/mol. The van der Waals surface area contributed by atoms with E-state index in [-0.39, 0.29) is 6.42 Å². The normalized spacial score (nSPS) is 40.1. The molecule has 0 heterocycles. The minimum Gasteiger partial charge on any atom is -0.396 e. The van der Waals surface area contributed by atoms with Crippen LogP contribution in [0, 0.1) is 16.0 Å². The minimum absolute atomic E-state index is 0.149. The fourth-order valence-corrected chi connectivity index (χ4v) is 0.553. The van der Waals surface area contributed by atoms with Gasteiger partial charge in [-0.3, -0.25) is 10.1 Å². The Morgan fingerprint density at radius 1 is 2.12 bits per heavy atom. The second-order valence-corrected chi connectivity index (χ2v) is 1.82. The Morgan fingerprint density at radius 2 is 2.75 bits per heavy atom. The van der Waals surface area contributed by atoms with E-state index in [2.05, 4.69) is 0 Å². The van der Waals surface area contributed by atoms with E-state index in [1.165, 1.54) is 0 Å². The maximum atomic E-state index is 9.95. The maximum absolute atomic E-state index is 9.95. The third kappa shape index (κ3) is 0.790. The van der Waals surface area contributed by atoms with Crippen molar-refractivity contribution in [2.45, 2.75) is 12.5 Å². The van der Waals surface area contributed by atoms with Crippen LogP contribution in [0.5, 0.6) is 0 Å². The van der Waals surface area contributed by atoms with Gasteiger partial charge in [-0.2, -0.15) is 0 Å². The molecule has 46 valence electrons. The Morgan fingerprint density at radius 3 is 2.88 bits per heavy atom. The Labute approximate surface area is 49.1 Å². The van der Waals surface area contributed by atoms with Crippen LogP contribution in [0.2, 0.25) is 0 Å². The van der Waals surface area contributed by atoms with Gasteiger partial charge in [-0.1, -0.05) is 0 Å². The van der Waals surface area contributed by atoms with Gasteiger partial charge in [0.15, 0.2) is 0 Å². The molecule has 0 aromatic carbocycles. The standard InChI is InChI=1S/C4H7NO3/c6-2-3-1-4(3)5(7)8/h3-4,6H,1-2H2/t3-,4+/m0/s1/i2D2. The van der Waals surface area contributed by atoms with Gasteiger partial charge in [0.05, 0.1) is 15.2 Å². The third-order valence-electron chi connectivity index (χ3n) is 1.19. The lowest BCUT2D eigenvalue weighted by Gasteiger charge is -1.84. The molecule has 2 atom stereocenters. The van der Waals surface area contributed by atoms with Crippen LogP contribution in [0.4, 0.5) is 0 Å². The molecule has 1 N–H and O–H groups in total. The molecule has 0 bridgehead atoms. The van der Waals surface area contributed by atoms with Crippen LogP contribution >= 0.6 is 0 Å². The zero-order valence-corrected chi connectivity index (χ0v) is 4.07. The molecule has 0 unspecified atom stereocenters. The largest absolute Gasteiger partial charge is 0.396 e. The van der Waals surface area contributed by atoms with Crippen LogP contribution in [0.15, 0.2) is 0 Å². The van der Waals surface area contributed by atoms with E-state index >= 15 is 0 Å². The smallest absolute Gasteiger partial charge is 0.219 e. The topological polar surface area (TPSA) is 63.4 Å². The van der Waals surface area contributed by atoms with Crippen molar-refractivity contribution in [2.24, 2.45) is 5.92 Å². The predicted molar refractivity (Wildman–Crippen MR) is 26.0 cm³/mol. The molecule has 0 spiro atoms. The number of aliphatic hydroxyl groups is 1. The molecule has 0 radical (unpaired) electrons. The number of nitrogens with zero attached hydrogens (tertiary/aromatic N) is 1. The Kier molecular flexibility index (Phi) is 0.723. The Hall–Kier alpha value is -0.640. The van der Waals surface area contributed by atoms with Gasteiger partial charge >= 0.3 is 0 Å². The highest BCUT2D eigenvalue weighted by Crippen LogP contribution is 2.31. The summed E-state index contributed by atoms with van der Waals surface area (Å²) in [6.45, 7) is -2.38. The summed E-state index contributed by atoms with van der Waals surface area (Å²) < 4.78 is 13.4. The van der Waals surface area contributed by atoms with Gasteiger partial charge in [-0.05, 0) is 0 Å². The molecule has 0 saturated heterocycles. The molecule has 1 aliphatic rings. The molecule has 0 aliphatic heterocycles. The second-order valence-electron chi connectivity index (χ2n) is 1.82. The number of hydrogen-bond acceptors (Lipinski definition) is 3. The highest BCUT2D eigenvalue weighted by molar-refractivity contribution is 4.85. The van der Waals surface area contributed by atoms with Crippen LogP contribution in [-0.2, 0) is 0 Å². The fourth-order valence-electron chi connectivity index (χ4n) is 0.553. The molecule has 1 saturated carbocycles. The van der Waals surface area contributed by atoms with E-state index in [9.17, 15) is 10.1 Å². The van der Waals surface area contributed by atoms with Gasteiger partial charge in [0.1, 0.15) is 0 Å². The molecule has 0 aromatic heterocycles. The molecule has 1 fully saturated rings. The number of hydrogen-bond donors (Lipinski definition) is 1. The van der Waals surface area contributed by atoms with Crippen molar-refractivity contribution in [3.05, 3.63) is 10.1 Å². The van der Waals surface area contributed by atoms with Crippen molar-refractivity contribution >= 4 is 0 Å². The first-order valence-corrected chi connectivity index (χ1v) is 2.29. The molecule has 8 heavy (non-hydrogen) atoms. The van der Waals surface area contributed by atoms with Gasteiger partial charge in [-0.25, -0.2) is 0 Å². The summed E-state index contributed by atoms with van der Waals surface area (Å²) in [5.41, 5.74) is 0. The predicted octanol–water partition coefficient (Wildman–Crippen LogP) is -0.356. The lowest BCUT2D eigenvalue weighted by molar-refractivity contribution is -0.498. The van der Waals surface area contributed by atoms with Gasteiger partial charge in [0.2, 0.25) is 6.04 Å². The molecular weight excluding hydrogens is 110 g/mol. The first-order valence-electron chi connectivity index (χ1n) is 3.29. The van der Waals surface area contributed by atoms with Crippen molar-refractivity contribution in [1.29, 1.82) is 0 Å². The molecule has 1 aliphatic carbocycles. The number of rotatable bonds is 2. The number of nitro groups is 1. The highest BCUT2D eigenvalue weighted by atomic mass is 16.6. The van der Waals surface area contributed by atoms with E-state index in [0.717, 1.165) is 0 Å². The second kappa shape index (κ2) is 1.70. The summed E-state index contributed by atoms with van der Waals surface area (Å²) in [5, 5.41) is 18.6. The lowest BCUT2D eigenvalue weighted by atomic mass is 10.4. The van der Waals surface area contributed by atoms with Crippen molar-refractivity contribution in [3.63, 3.8) is 0 Å². The van der Waals surface area contributed by atoms with E-state index < -0.39 is 23.4 Å².